The van der Waals surface area contributed by atoms with Gasteiger partial charge >= 0.3 is 0 Å². The van der Waals surface area contributed by atoms with Crippen molar-refractivity contribution in [3.63, 3.8) is 0 Å². The van der Waals surface area contributed by atoms with Crippen LogP contribution in [0.2, 0.25) is 5.02 Å². The fourth-order valence-electron chi connectivity index (χ4n) is 4.70. The molecule has 3 aromatic rings. The van der Waals surface area contributed by atoms with E-state index in [9.17, 15) is 10.2 Å². The maximum Gasteiger partial charge on any atom is 0.131 e. The van der Waals surface area contributed by atoms with Gasteiger partial charge in [0.1, 0.15) is 18.1 Å². The molecule has 0 saturated heterocycles. The Morgan fingerprint density at radius 1 is 1.15 bits per heavy atom. The van der Waals surface area contributed by atoms with Gasteiger partial charge in [-0.2, -0.15) is 0 Å². The zero-order valence-electron chi connectivity index (χ0n) is 18.8. The summed E-state index contributed by atoms with van der Waals surface area (Å²) in [7, 11) is 0. The van der Waals surface area contributed by atoms with Crippen LogP contribution in [0.3, 0.4) is 0 Å². The molecule has 2 aliphatic heterocycles. The Morgan fingerprint density at radius 2 is 2.00 bits per heavy atom. The lowest BCUT2D eigenvalue weighted by molar-refractivity contribution is 0.129. The number of ether oxygens (including phenoxy) is 1. The van der Waals surface area contributed by atoms with Crippen LogP contribution in [0.15, 0.2) is 79.1 Å². The lowest BCUT2D eigenvalue weighted by Crippen LogP contribution is -2.29. The predicted octanol–water partition coefficient (Wildman–Crippen LogP) is 5.87. The van der Waals surface area contributed by atoms with Crippen LogP contribution in [0.4, 0.5) is 0 Å². The first-order chi connectivity index (χ1) is 16.6. The monoisotopic (exact) mass is 474 g/mol. The predicted molar refractivity (Wildman–Crippen MR) is 134 cm³/mol. The van der Waals surface area contributed by atoms with Gasteiger partial charge in [-0.3, -0.25) is 4.98 Å². The summed E-state index contributed by atoms with van der Waals surface area (Å²) in [6.07, 6.45) is 10.1. The number of hydrogen-bond acceptors (Lipinski definition) is 5. The van der Waals surface area contributed by atoms with Crippen molar-refractivity contribution < 1.29 is 14.9 Å². The zero-order chi connectivity index (χ0) is 23.5. The molecular formula is C28H27ClN2O3. The summed E-state index contributed by atoms with van der Waals surface area (Å²) in [5, 5.41) is 21.5. The van der Waals surface area contributed by atoms with E-state index in [0.29, 0.717) is 18.1 Å². The molecule has 0 bridgehead atoms. The second kappa shape index (κ2) is 9.92. The molecule has 0 spiro atoms. The van der Waals surface area contributed by atoms with Crippen molar-refractivity contribution in [2.75, 3.05) is 6.54 Å². The lowest BCUT2D eigenvalue weighted by atomic mass is 9.95. The molecule has 0 radical (unpaired) electrons. The molecule has 2 unspecified atom stereocenters. The summed E-state index contributed by atoms with van der Waals surface area (Å²) in [5.41, 5.74) is 4.69. The maximum absolute atomic E-state index is 10.7. The molecule has 174 valence electrons. The van der Waals surface area contributed by atoms with Gasteiger partial charge in [0.2, 0.25) is 0 Å². The Balaban J connectivity index is 1.32. The van der Waals surface area contributed by atoms with Gasteiger partial charge in [-0.1, -0.05) is 42.0 Å². The normalized spacial score (nSPS) is 18.8. The third kappa shape index (κ3) is 4.81. The van der Waals surface area contributed by atoms with Crippen LogP contribution in [-0.2, 0) is 6.61 Å². The van der Waals surface area contributed by atoms with E-state index in [4.69, 9.17) is 16.3 Å². The van der Waals surface area contributed by atoms with E-state index in [1.54, 1.807) is 18.3 Å². The Morgan fingerprint density at radius 3 is 2.85 bits per heavy atom. The molecule has 0 fully saturated rings. The van der Waals surface area contributed by atoms with Crippen molar-refractivity contribution >= 4 is 17.2 Å². The Bertz CT molecular complexity index is 1220. The van der Waals surface area contributed by atoms with Gasteiger partial charge in [0, 0.05) is 34.9 Å². The first-order valence-corrected chi connectivity index (χ1v) is 11.9. The van der Waals surface area contributed by atoms with Gasteiger partial charge in [0.25, 0.3) is 0 Å². The highest BCUT2D eigenvalue weighted by Gasteiger charge is 2.24. The average molecular weight is 475 g/mol. The summed E-state index contributed by atoms with van der Waals surface area (Å²) in [5.74, 6) is 0.950. The highest BCUT2D eigenvalue weighted by molar-refractivity contribution is 6.30. The van der Waals surface area contributed by atoms with Crippen LogP contribution in [-0.4, -0.2) is 32.7 Å². The van der Waals surface area contributed by atoms with Crippen LogP contribution in [0.5, 0.6) is 11.5 Å². The number of rotatable bonds is 6. The van der Waals surface area contributed by atoms with Gasteiger partial charge in [-0.05, 0) is 73.0 Å². The molecule has 0 saturated carbocycles. The van der Waals surface area contributed by atoms with Crippen LogP contribution in [0, 0.1) is 0 Å². The van der Waals surface area contributed by atoms with Gasteiger partial charge in [0.15, 0.2) is 0 Å². The smallest absolute Gasteiger partial charge is 0.131 e. The van der Waals surface area contributed by atoms with E-state index in [0.717, 1.165) is 53.1 Å². The maximum atomic E-state index is 10.7. The Hall–Kier alpha value is -3.28. The largest absolute Gasteiger partial charge is 0.508 e. The van der Waals surface area contributed by atoms with Crippen molar-refractivity contribution in [3.05, 3.63) is 107 Å². The number of aliphatic hydroxyl groups is 1. The summed E-state index contributed by atoms with van der Waals surface area (Å²) in [6.45, 7) is 1.22. The van der Waals surface area contributed by atoms with Crippen molar-refractivity contribution in [2.45, 2.75) is 38.0 Å². The van der Waals surface area contributed by atoms with E-state index in [-0.39, 0.29) is 11.8 Å². The van der Waals surface area contributed by atoms with Crippen molar-refractivity contribution in [1.82, 2.24) is 9.88 Å². The van der Waals surface area contributed by atoms with Gasteiger partial charge < -0.3 is 19.8 Å². The fourth-order valence-corrected chi connectivity index (χ4v) is 4.83. The highest BCUT2D eigenvalue weighted by Crippen LogP contribution is 2.38. The van der Waals surface area contributed by atoms with Gasteiger partial charge in [-0.25, -0.2) is 0 Å². The summed E-state index contributed by atoms with van der Waals surface area (Å²) < 4.78 is 5.98. The van der Waals surface area contributed by atoms with Crippen LogP contribution < -0.4 is 4.74 Å². The van der Waals surface area contributed by atoms with Crippen molar-refractivity contribution in [2.24, 2.45) is 0 Å². The van der Waals surface area contributed by atoms with Crippen LogP contribution >= 0.6 is 11.6 Å². The molecule has 0 amide bonds. The molecule has 0 aliphatic carbocycles. The summed E-state index contributed by atoms with van der Waals surface area (Å²) in [4.78, 5) is 6.82. The first kappa shape index (κ1) is 22.5. The third-order valence-corrected chi connectivity index (χ3v) is 6.71. The number of pyridine rings is 1. The SMILES string of the molecule is Oc1ccc2c(c1)/C(=C/CCN1C=CCC1CC(O)c1ccc(Cl)cc1)c1cccnc1CO2. The molecule has 2 aromatic carbocycles. The summed E-state index contributed by atoms with van der Waals surface area (Å²) >= 11 is 5.98. The molecule has 5 rings (SSSR count). The Labute approximate surface area is 204 Å². The first-order valence-electron chi connectivity index (χ1n) is 11.5. The highest BCUT2D eigenvalue weighted by atomic mass is 35.5. The number of fused-ring (bicyclic) bond motifs is 2. The number of phenols is 1. The number of aliphatic hydroxyl groups excluding tert-OH is 1. The topological polar surface area (TPSA) is 65.8 Å². The molecule has 6 heteroatoms. The number of aromatic hydroxyl groups is 1. The molecule has 2 N–H and O–H groups in total. The molecule has 5 nitrogen and oxygen atoms in total. The number of halogens is 1. The third-order valence-electron chi connectivity index (χ3n) is 6.46. The molecular weight excluding hydrogens is 448 g/mol. The van der Waals surface area contributed by atoms with Crippen LogP contribution in [0.25, 0.3) is 5.57 Å². The average Bonchev–Trinajstić information content (AvgIpc) is 3.22. The van der Waals surface area contributed by atoms with E-state index in [1.807, 2.05) is 36.4 Å². The number of aromatic nitrogens is 1. The van der Waals surface area contributed by atoms with Crippen LogP contribution in [0.1, 0.15) is 47.8 Å². The lowest BCUT2D eigenvalue weighted by Gasteiger charge is -2.27. The van der Waals surface area contributed by atoms with Crippen molar-refractivity contribution in [1.29, 1.82) is 0 Å². The van der Waals surface area contributed by atoms with E-state index in [2.05, 4.69) is 34.3 Å². The minimum absolute atomic E-state index is 0.208. The molecule has 2 atom stereocenters. The number of hydrogen-bond donors (Lipinski definition) is 2. The van der Waals surface area contributed by atoms with Gasteiger partial charge in [-0.15, -0.1) is 0 Å². The van der Waals surface area contributed by atoms with Crippen molar-refractivity contribution in [3.8, 4) is 11.5 Å². The van der Waals surface area contributed by atoms with E-state index in [1.165, 1.54) is 0 Å². The molecule has 2 aliphatic rings. The second-order valence-corrected chi connectivity index (χ2v) is 9.12. The molecule has 1 aromatic heterocycles. The Kier molecular flexibility index (Phi) is 6.57. The summed E-state index contributed by atoms with van der Waals surface area (Å²) in [6, 6.07) is 16.8. The standard InChI is InChI=1S/C28H27ClN2O3/c29-20-9-7-19(8-10-20)27(33)16-21-4-2-14-31(21)15-3-6-23-24-5-1-13-30-26(24)18-34-28-12-11-22(32)17-25(23)28/h1-2,5-14,17,21,27,32-33H,3-4,15-16,18H2/b23-6+. The zero-order valence-corrected chi connectivity index (χ0v) is 19.5. The van der Waals surface area contributed by atoms with E-state index < -0.39 is 6.10 Å². The van der Waals surface area contributed by atoms with E-state index >= 15 is 0 Å². The quantitative estimate of drug-likeness (QED) is 0.468. The number of nitrogens with zero attached hydrogens (tertiary/aromatic N) is 2. The number of benzene rings is 2. The van der Waals surface area contributed by atoms with Gasteiger partial charge in [0.05, 0.1) is 11.8 Å². The minimum atomic E-state index is -0.533. The second-order valence-electron chi connectivity index (χ2n) is 8.69. The minimum Gasteiger partial charge on any atom is -0.508 e. The number of phenolic OH excluding ortho intramolecular Hbond substituents is 1. The molecule has 3 heterocycles. The fraction of sp³-hybridized carbons (Fsp3) is 0.250. The molecule has 34 heavy (non-hydrogen) atoms.